The van der Waals surface area contributed by atoms with Crippen LogP contribution < -0.4 is 4.90 Å². The maximum atomic E-state index is 12.2. The molecule has 26 heavy (non-hydrogen) atoms. The maximum Gasteiger partial charge on any atom is 0.222 e. The summed E-state index contributed by atoms with van der Waals surface area (Å²) in [4.78, 5) is 16.3. The summed E-state index contributed by atoms with van der Waals surface area (Å²) in [5.74, 6) is 2.23. The van der Waals surface area contributed by atoms with Crippen LogP contribution in [-0.2, 0) is 4.79 Å². The Morgan fingerprint density at radius 1 is 1.04 bits per heavy atom. The van der Waals surface area contributed by atoms with Crippen molar-refractivity contribution < 1.29 is 4.79 Å². The lowest BCUT2D eigenvalue weighted by molar-refractivity contribution is -0.132. The smallest absolute Gasteiger partial charge is 0.222 e. The van der Waals surface area contributed by atoms with E-state index in [4.69, 9.17) is 0 Å². The van der Waals surface area contributed by atoms with Crippen molar-refractivity contribution in [3.8, 4) is 5.82 Å². The molecule has 1 amide bonds. The number of aromatic nitrogens is 4. The summed E-state index contributed by atoms with van der Waals surface area (Å²) < 4.78 is 1.84. The van der Waals surface area contributed by atoms with Crippen molar-refractivity contribution in [3.63, 3.8) is 0 Å². The second-order valence-electron chi connectivity index (χ2n) is 7.42. The second kappa shape index (κ2) is 7.43. The normalized spacial score (nSPS) is 15.0. The fourth-order valence-electron chi connectivity index (χ4n) is 3.21. The van der Waals surface area contributed by atoms with E-state index in [1.807, 2.05) is 35.6 Å². The summed E-state index contributed by atoms with van der Waals surface area (Å²) in [6.07, 6.45) is 0.622. The van der Waals surface area contributed by atoms with Crippen molar-refractivity contribution in [2.24, 2.45) is 5.92 Å². The van der Waals surface area contributed by atoms with Crippen LogP contribution in [0.25, 0.3) is 5.82 Å². The Bertz CT molecular complexity index is 772. The van der Waals surface area contributed by atoms with Gasteiger partial charge in [-0.3, -0.25) is 4.79 Å². The molecule has 0 spiro atoms. The lowest BCUT2D eigenvalue weighted by Crippen LogP contribution is -2.49. The van der Waals surface area contributed by atoms with Crippen LogP contribution in [0.2, 0.25) is 0 Å². The van der Waals surface area contributed by atoms with Gasteiger partial charge in [0.25, 0.3) is 0 Å². The molecule has 0 saturated carbocycles. The Hall–Kier alpha value is -2.44. The standard InChI is InChI=1S/C19H28N6O/c1-13(2)12-19(26)24-10-8-23(9-11-24)17-6-7-18(21-20-17)25-16(5)14(3)15(4)22-25/h6-7,13H,8-12H2,1-5H3. The SMILES string of the molecule is Cc1nn(-c2ccc(N3CCN(C(=O)CC(C)C)CC3)nn2)c(C)c1C. The molecule has 1 saturated heterocycles. The van der Waals surface area contributed by atoms with E-state index in [1.54, 1.807) is 0 Å². The van der Waals surface area contributed by atoms with Crippen LogP contribution in [0.1, 0.15) is 37.2 Å². The third-order valence-corrected chi connectivity index (χ3v) is 5.05. The van der Waals surface area contributed by atoms with E-state index in [2.05, 4.69) is 41.0 Å². The van der Waals surface area contributed by atoms with Gasteiger partial charge >= 0.3 is 0 Å². The Morgan fingerprint density at radius 2 is 1.65 bits per heavy atom. The minimum Gasteiger partial charge on any atom is -0.352 e. The molecule has 1 aliphatic heterocycles. The first kappa shape index (κ1) is 18.4. The molecule has 0 radical (unpaired) electrons. The van der Waals surface area contributed by atoms with Crippen LogP contribution in [0.5, 0.6) is 0 Å². The predicted octanol–water partition coefficient (Wildman–Crippen LogP) is 2.28. The molecule has 2 aromatic heterocycles. The fraction of sp³-hybridized carbons (Fsp3) is 0.579. The fourth-order valence-corrected chi connectivity index (χ4v) is 3.21. The molecule has 1 aliphatic rings. The largest absolute Gasteiger partial charge is 0.352 e. The summed E-state index contributed by atoms with van der Waals surface area (Å²) in [6.45, 7) is 13.3. The van der Waals surface area contributed by atoms with Gasteiger partial charge in [0.2, 0.25) is 5.91 Å². The first-order chi connectivity index (χ1) is 12.4. The van der Waals surface area contributed by atoms with Crippen molar-refractivity contribution in [1.29, 1.82) is 0 Å². The van der Waals surface area contributed by atoms with Crippen molar-refractivity contribution in [3.05, 3.63) is 29.1 Å². The third kappa shape index (κ3) is 3.71. The Labute approximate surface area is 155 Å². The van der Waals surface area contributed by atoms with E-state index in [0.717, 1.165) is 49.2 Å². The number of aryl methyl sites for hydroxylation is 1. The van der Waals surface area contributed by atoms with Crippen LogP contribution >= 0.6 is 0 Å². The highest BCUT2D eigenvalue weighted by Gasteiger charge is 2.22. The van der Waals surface area contributed by atoms with Crippen LogP contribution in [-0.4, -0.2) is 57.0 Å². The number of rotatable bonds is 4. The highest BCUT2D eigenvalue weighted by atomic mass is 16.2. The molecule has 0 aliphatic carbocycles. The van der Waals surface area contributed by atoms with E-state index in [0.29, 0.717) is 12.3 Å². The minimum atomic E-state index is 0.251. The number of hydrogen-bond acceptors (Lipinski definition) is 5. The molecule has 3 heterocycles. The second-order valence-corrected chi connectivity index (χ2v) is 7.42. The molecule has 0 N–H and O–H groups in total. The van der Waals surface area contributed by atoms with Gasteiger partial charge in [0.1, 0.15) is 0 Å². The molecule has 7 heteroatoms. The summed E-state index contributed by atoms with van der Waals surface area (Å²) >= 11 is 0. The number of anilines is 1. The molecule has 3 rings (SSSR count). The quantitative estimate of drug-likeness (QED) is 0.841. The molecule has 0 atom stereocenters. The zero-order valence-electron chi connectivity index (χ0n) is 16.4. The molecule has 0 aromatic carbocycles. The highest BCUT2D eigenvalue weighted by molar-refractivity contribution is 5.76. The number of hydrogen-bond donors (Lipinski definition) is 0. The predicted molar refractivity (Wildman–Crippen MR) is 102 cm³/mol. The van der Waals surface area contributed by atoms with E-state index in [9.17, 15) is 4.79 Å². The van der Waals surface area contributed by atoms with Crippen LogP contribution in [0.3, 0.4) is 0 Å². The molecule has 2 aromatic rings. The van der Waals surface area contributed by atoms with Gasteiger partial charge in [0, 0.05) is 38.3 Å². The van der Waals surface area contributed by atoms with Gasteiger partial charge in [-0.2, -0.15) is 5.10 Å². The molecule has 140 valence electrons. The highest BCUT2D eigenvalue weighted by Crippen LogP contribution is 2.18. The maximum absolute atomic E-state index is 12.2. The van der Waals surface area contributed by atoms with Gasteiger partial charge in [-0.15, -0.1) is 10.2 Å². The topological polar surface area (TPSA) is 67.2 Å². The van der Waals surface area contributed by atoms with Gasteiger partial charge < -0.3 is 9.80 Å². The zero-order valence-corrected chi connectivity index (χ0v) is 16.4. The number of nitrogens with zero attached hydrogens (tertiary/aromatic N) is 6. The Kier molecular flexibility index (Phi) is 5.25. The van der Waals surface area contributed by atoms with Crippen LogP contribution in [0.4, 0.5) is 5.82 Å². The average molecular weight is 356 g/mol. The summed E-state index contributed by atoms with van der Waals surface area (Å²) in [7, 11) is 0. The lowest BCUT2D eigenvalue weighted by atomic mass is 10.1. The van der Waals surface area contributed by atoms with Crippen LogP contribution in [0.15, 0.2) is 12.1 Å². The molecule has 1 fully saturated rings. The molecular weight excluding hydrogens is 328 g/mol. The number of amides is 1. The summed E-state index contributed by atoms with van der Waals surface area (Å²) in [5, 5.41) is 13.3. The molecule has 0 unspecified atom stereocenters. The average Bonchev–Trinajstić information content (AvgIpc) is 2.89. The number of piperazine rings is 1. The van der Waals surface area contributed by atoms with Crippen LogP contribution in [0, 0.1) is 26.7 Å². The molecule has 0 bridgehead atoms. The lowest BCUT2D eigenvalue weighted by Gasteiger charge is -2.35. The first-order valence-electron chi connectivity index (χ1n) is 9.26. The summed E-state index contributed by atoms with van der Waals surface area (Å²) in [5.41, 5.74) is 3.27. The summed E-state index contributed by atoms with van der Waals surface area (Å²) in [6, 6.07) is 3.94. The number of carbonyl (C=O) groups excluding carboxylic acids is 1. The zero-order chi connectivity index (χ0) is 18.8. The van der Waals surface area contributed by atoms with Gasteiger partial charge in [0.05, 0.1) is 5.69 Å². The molecular formula is C19H28N6O. The van der Waals surface area contributed by atoms with Crippen molar-refractivity contribution in [2.45, 2.75) is 41.0 Å². The monoisotopic (exact) mass is 356 g/mol. The van der Waals surface area contributed by atoms with E-state index >= 15 is 0 Å². The van der Waals surface area contributed by atoms with Crippen molar-refractivity contribution >= 4 is 11.7 Å². The van der Waals surface area contributed by atoms with Gasteiger partial charge in [-0.05, 0) is 44.4 Å². The molecule has 7 nitrogen and oxygen atoms in total. The van der Waals surface area contributed by atoms with Gasteiger partial charge in [-0.1, -0.05) is 13.8 Å². The first-order valence-corrected chi connectivity index (χ1v) is 9.26. The van der Waals surface area contributed by atoms with Crippen molar-refractivity contribution in [2.75, 3.05) is 31.1 Å². The Balaban J connectivity index is 1.65. The third-order valence-electron chi connectivity index (χ3n) is 5.05. The van der Waals surface area contributed by atoms with Crippen molar-refractivity contribution in [1.82, 2.24) is 24.9 Å². The minimum absolute atomic E-state index is 0.251. The van der Waals surface area contributed by atoms with E-state index in [1.165, 1.54) is 5.56 Å². The van der Waals surface area contributed by atoms with Gasteiger partial charge in [0.15, 0.2) is 11.6 Å². The number of carbonyl (C=O) groups is 1. The Morgan fingerprint density at radius 3 is 2.15 bits per heavy atom. The van der Waals surface area contributed by atoms with E-state index < -0.39 is 0 Å². The van der Waals surface area contributed by atoms with Gasteiger partial charge in [-0.25, -0.2) is 4.68 Å². The van der Waals surface area contributed by atoms with E-state index in [-0.39, 0.29) is 5.91 Å².